The van der Waals surface area contributed by atoms with Gasteiger partial charge >= 0.3 is 0 Å². The lowest BCUT2D eigenvalue weighted by Gasteiger charge is -2.43. The SMILES string of the molecule is CCc1ccsc1CN1C(=O)C(C)(C2CC2)NC(=O)C1C. The Morgan fingerprint density at radius 3 is 2.76 bits per heavy atom. The molecule has 1 saturated carbocycles. The predicted molar refractivity (Wildman–Crippen MR) is 83.0 cm³/mol. The highest BCUT2D eigenvalue weighted by Gasteiger charge is 2.54. The average molecular weight is 306 g/mol. The van der Waals surface area contributed by atoms with E-state index in [0.29, 0.717) is 12.5 Å². The molecule has 0 aromatic carbocycles. The fourth-order valence-corrected chi connectivity index (χ4v) is 4.13. The molecule has 2 atom stereocenters. The molecule has 0 radical (unpaired) electrons. The van der Waals surface area contributed by atoms with E-state index >= 15 is 0 Å². The number of thiophene rings is 1. The Morgan fingerprint density at radius 1 is 1.43 bits per heavy atom. The van der Waals surface area contributed by atoms with Crippen LogP contribution < -0.4 is 5.32 Å². The monoisotopic (exact) mass is 306 g/mol. The number of nitrogens with one attached hydrogen (secondary N) is 1. The zero-order chi connectivity index (χ0) is 15.2. The van der Waals surface area contributed by atoms with Crippen LogP contribution in [0.3, 0.4) is 0 Å². The summed E-state index contributed by atoms with van der Waals surface area (Å²) < 4.78 is 0. The van der Waals surface area contributed by atoms with Crippen molar-refractivity contribution in [2.75, 3.05) is 0 Å². The zero-order valence-corrected chi connectivity index (χ0v) is 13.6. The van der Waals surface area contributed by atoms with Gasteiger partial charge in [-0.05, 0) is 56.0 Å². The van der Waals surface area contributed by atoms with Crippen molar-refractivity contribution in [2.45, 2.75) is 58.2 Å². The summed E-state index contributed by atoms with van der Waals surface area (Å²) in [6.45, 7) is 6.38. The summed E-state index contributed by atoms with van der Waals surface area (Å²) in [6, 6.07) is 1.72. The molecule has 114 valence electrons. The number of hydrogen-bond donors (Lipinski definition) is 1. The first-order chi connectivity index (χ1) is 9.97. The van der Waals surface area contributed by atoms with Crippen LogP contribution in [0, 0.1) is 5.92 Å². The molecule has 2 amide bonds. The fourth-order valence-electron chi connectivity index (χ4n) is 3.15. The van der Waals surface area contributed by atoms with Gasteiger partial charge in [-0.1, -0.05) is 6.92 Å². The van der Waals surface area contributed by atoms with Gasteiger partial charge in [0.1, 0.15) is 11.6 Å². The number of carbonyl (C=O) groups is 2. The van der Waals surface area contributed by atoms with E-state index in [1.807, 2.05) is 13.8 Å². The third-order valence-corrected chi connectivity index (χ3v) is 5.81. The summed E-state index contributed by atoms with van der Waals surface area (Å²) in [5.41, 5.74) is 0.576. The van der Waals surface area contributed by atoms with Crippen LogP contribution in [0.25, 0.3) is 0 Å². The van der Waals surface area contributed by atoms with E-state index in [1.165, 1.54) is 10.4 Å². The van der Waals surface area contributed by atoms with Gasteiger partial charge in [0.2, 0.25) is 11.8 Å². The molecule has 1 aliphatic heterocycles. The Hall–Kier alpha value is -1.36. The van der Waals surface area contributed by atoms with Crippen LogP contribution in [0.15, 0.2) is 11.4 Å². The van der Waals surface area contributed by atoms with E-state index in [1.54, 1.807) is 16.2 Å². The zero-order valence-electron chi connectivity index (χ0n) is 12.8. The molecule has 0 spiro atoms. The van der Waals surface area contributed by atoms with Crippen LogP contribution in [-0.4, -0.2) is 28.3 Å². The Bertz CT molecular complexity index is 579. The van der Waals surface area contributed by atoms with E-state index in [-0.39, 0.29) is 11.8 Å². The lowest BCUT2D eigenvalue weighted by atomic mass is 9.89. The largest absolute Gasteiger partial charge is 0.340 e. The molecule has 2 aliphatic rings. The summed E-state index contributed by atoms with van der Waals surface area (Å²) in [6.07, 6.45) is 3.02. The van der Waals surface area contributed by atoms with Crippen molar-refractivity contribution in [3.05, 3.63) is 21.9 Å². The Kier molecular flexibility index (Phi) is 3.56. The second-order valence-corrected chi connectivity index (χ2v) is 7.30. The Labute approximate surface area is 129 Å². The molecule has 3 rings (SSSR count). The van der Waals surface area contributed by atoms with Gasteiger partial charge in [-0.25, -0.2) is 0 Å². The minimum atomic E-state index is -0.701. The second-order valence-electron chi connectivity index (χ2n) is 6.30. The molecule has 1 aromatic rings. The molecule has 21 heavy (non-hydrogen) atoms. The molecule has 5 heteroatoms. The third-order valence-electron chi connectivity index (χ3n) is 4.86. The molecule has 1 saturated heterocycles. The highest BCUT2D eigenvalue weighted by molar-refractivity contribution is 7.10. The first-order valence-electron chi connectivity index (χ1n) is 7.65. The van der Waals surface area contributed by atoms with E-state index in [9.17, 15) is 9.59 Å². The summed E-state index contributed by atoms with van der Waals surface area (Å²) in [4.78, 5) is 28.2. The predicted octanol–water partition coefficient (Wildman–Crippen LogP) is 2.33. The number of piperazine rings is 1. The lowest BCUT2D eigenvalue weighted by Crippen LogP contribution is -2.69. The maximum absolute atomic E-state index is 12.9. The van der Waals surface area contributed by atoms with Gasteiger partial charge in [0, 0.05) is 4.88 Å². The van der Waals surface area contributed by atoms with Crippen molar-refractivity contribution in [3.8, 4) is 0 Å². The number of rotatable bonds is 4. The van der Waals surface area contributed by atoms with Gasteiger partial charge in [0.25, 0.3) is 0 Å². The van der Waals surface area contributed by atoms with E-state index in [4.69, 9.17) is 0 Å². The average Bonchev–Trinajstić information content (AvgIpc) is 3.22. The Morgan fingerprint density at radius 2 is 2.14 bits per heavy atom. The maximum Gasteiger partial charge on any atom is 0.249 e. The summed E-state index contributed by atoms with van der Waals surface area (Å²) >= 11 is 1.67. The van der Waals surface area contributed by atoms with E-state index in [0.717, 1.165) is 19.3 Å². The van der Waals surface area contributed by atoms with Crippen molar-refractivity contribution < 1.29 is 9.59 Å². The topological polar surface area (TPSA) is 49.4 Å². The van der Waals surface area contributed by atoms with Gasteiger partial charge in [-0.2, -0.15) is 0 Å². The van der Waals surface area contributed by atoms with Gasteiger partial charge in [-0.3, -0.25) is 9.59 Å². The second kappa shape index (κ2) is 5.13. The lowest BCUT2D eigenvalue weighted by molar-refractivity contribution is -0.155. The van der Waals surface area contributed by atoms with Crippen LogP contribution in [-0.2, 0) is 22.6 Å². The van der Waals surface area contributed by atoms with Crippen molar-refractivity contribution in [1.82, 2.24) is 10.2 Å². The van der Waals surface area contributed by atoms with Crippen molar-refractivity contribution in [3.63, 3.8) is 0 Å². The summed E-state index contributed by atoms with van der Waals surface area (Å²) in [5.74, 6) is 0.351. The van der Waals surface area contributed by atoms with Crippen LogP contribution >= 0.6 is 11.3 Å². The molecule has 1 N–H and O–H groups in total. The number of aryl methyl sites for hydroxylation is 1. The first-order valence-corrected chi connectivity index (χ1v) is 8.53. The standard InChI is InChI=1S/C16H22N2O2S/c1-4-11-7-8-21-13(11)9-18-10(2)14(19)17-16(3,15(18)20)12-5-6-12/h7-8,10,12H,4-6,9H2,1-3H3,(H,17,19). The fraction of sp³-hybridized carbons (Fsp3) is 0.625. The number of amides is 2. The number of nitrogens with zero attached hydrogens (tertiary/aromatic N) is 1. The van der Waals surface area contributed by atoms with Crippen molar-refractivity contribution in [1.29, 1.82) is 0 Å². The maximum atomic E-state index is 12.9. The molecule has 0 bridgehead atoms. The first kappa shape index (κ1) is 14.6. The molecule has 2 unspecified atom stereocenters. The molecule has 4 nitrogen and oxygen atoms in total. The molecule has 1 aromatic heterocycles. The van der Waals surface area contributed by atoms with Gasteiger partial charge in [0.15, 0.2) is 0 Å². The van der Waals surface area contributed by atoms with E-state index in [2.05, 4.69) is 23.7 Å². The molecule has 2 fully saturated rings. The summed E-state index contributed by atoms with van der Waals surface area (Å²) in [5, 5.41) is 5.03. The van der Waals surface area contributed by atoms with Gasteiger partial charge < -0.3 is 10.2 Å². The van der Waals surface area contributed by atoms with Crippen molar-refractivity contribution in [2.24, 2.45) is 5.92 Å². The van der Waals surface area contributed by atoms with E-state index < -0.39 is 11.6 Å². The normalized spacial score (nSPS) is 29.7. The number of carbonyl (C=O) groups excluding carboxylic acids is 2. The van der Waals surface area contributed by atoms with Gasteiger partial charge in [-0.15, -0.1) is 11.3 Å². The smallest absolute Gasteiger partial charge is 0.249 e. The van der Waals surface area contributed by atoms with Gasteiger partial charge in [0.05, 0.1) is 6.54 Å². The quantitative estimate of drug-likeness (QED) is 0.928. The highest BCUT2D eigenvalue weighted by Crippen LogP contribution is 2.42. The number of hydrogen-bond acceptors (Lipinski definition) is 3. The van der Waals surface area contributed by atoms with Crippen LogP contribution in [0.2, 0.25) is 0 Å². The third kappa shape index (κ3) is 2.37. The van der Waals surface area contributed by atoms with Crippen molar-refractivity contribution >= 4 is 23.2 Å². The molecule has 2 heterocycles. The van der Waals surface area contributed by atoms with Crippen LogP contribution in [0.5, 0.6) is 0 Å². The molecular weight excluding hydrogens is 284 g/mol. The minimum Gasteiger partial charge on any atom is -0.340 e. The minimum absolute atomic E-state index is 0.0291. The molecule has 1 aliphatic carbocycles. The molecular formula is C16H22N2O2S. The Balaban J connectivity index is 1.88. The van der Waals surface area contributed by atoms with Crippen LogP contribution in [0.1, 0.15) is 44.1 Å². The summed E-state index contributed by atoms with van der Waals surface area (Å²) in [7, 11) is 0. The van der Waals surface area contributed by atoms with Crippen LogP contribution in [0.4, 0.5) is 0 Å². The highest BCUT2D eigenvalue weighted by atomic mass is 32.1.